The summed E-state index contributed by atoms with van der Waals surface area (Å²) in [4.78, 5) is 4.75. The Morgan fingerprint density at radius 1 is 1.35 bits per heavy atom. The molecular weight excluding hydrogens is 383 g/mol. The molecule has 1 aromatic carbocycles. The van der Waals surface area contributed by atoms with E-state index in [1.54, 1.807) is 0 Å². The van der Waals surface area contributed by atoms with Crippen LogP contribution in [0.2, 0.25) is 0 Å². The Hall–Kier alpha value is -0.290. The van der Waals surface area contributed by atoms with Crippen LogP contribution in [0, 0.1) is 15.4 Å². The topological polar surface area (TPSA) is 17.8 Å². The second-order valence-electron chi connectivity index (χ2n) is 6.00. The zero-order valence-electron chi connectivity index (χ0n) is 11.9. The minimum Gasteiger partial charge on any atom is -0.324 e. The Kier molecular flexibility index (Phi) is 4.27. The third-order valence-electron chi connectivity index (χ3n) is 4.84. The fourth-order valence-corrected chi connectivity index (χ4v) is 4.17. The molecule has 2 aromatic rings. The van der Waals surface area contributed by atoms with E-state index >= 15 is 0 Å². The molecule has 1 saturated carbocycles. The lowest BCUT2D eigenvalue weighted by molar-refractivity contribution is 0.187. The average molecular weight is 403 g/mol. The standard InChI is InChI=1S/C16H20ClIN2/c1-10-4-3-5-14(11(10)2)20-15-7-6-12(18)8-13(15)19-16(20)9-17/h6-8,10-11,14H,3-5,9H2,1-2H3. The lowest BCUT2D eigenvalue weighted by Crippen LogP contribution is -2.27. The molecule has 0 bridgehead atoms. The number of nitrogens with zero attached hydrogens (tertiary/aromatic N) is 2. The number of hydrogen-bond donors (Lipinski definition) is 0. The molecule has 3 unspecified atom stereocenters. The van der Waals surface area contributed by atoms with Crippen molar-refractivity contribution in [2.24, 2.45) is 11.8 Å². The highest BCUT2D eigenvalue weighted by atomic mass is 127. The van der Waals surface area contributed by atoms with Gasteiger partial charge in [0.1, 0.15) is 5.82 Å². The van der Waals surface area contributed by atoms with Crippen LogP contribution in [0.3, 0.4) is 0 Å². The van der Waals surface area contributed by atoms with Gasteiger partial charge in [0.05, 0.1) is 16.9 Å². The van der Waals surface area contributed by atoms with Crippen LogP contribution in [0.25, 0.3) is 11.0 Å². The summed E-state index contributed by atoms with van der Waals surface area (Å²) in [5.41, 5.74) is 2.32. The lowest BCUT2D eigenvalue weighted by atomic mass is 9.78. The van der Waals surface area contributed by atoms with Crippen LogP contribution in [0.15, 0.2) is 18.2 Å². The van der Waals surface area contributed by atoms with E-state index < -0.39 is 0 Å². The SMILES string of the molecule is CC1CCCC(n2c(CCl)nc3cc(I)ccc32)C1C. The number of halogens is 2. The highest BCUT2D eigenvalue weighted by Crippen LogP contribution is 2.40. The van der Waals surface area contributed by atoms with Crippen LogP contribution in [0.4, 0.5) is 0 Å². The molecule has 1 aromatic heterocycles. The van der Waals surface area contributed by atoms with E-state index in [0.29, 0.717) is 17.8 Å². The van der Waals surface area contributed by atoms with Crippen molar-refractivity contribution in [3.63, 3.8) is 0 Å². The molecule has 0 aliphatic heterocycles. The van der Waals surface area contributed by atoms with Crippen LogP contribution < -0.4 is 0 Å². The molecule has 3 atom stereocenters. The molecule has 0 amide bonds. The van der Waals surface area contributed by atoms with E-state index in [2.05, 4.69) is 59.2 Å². The van der Waals surface area contributed by atoms with Crippen LogP contribution >= 0.6 is 34.2 Å². The summed E-state index contributed by atoms with van der Waals surface area (Å²) in [6.07, 6.45) is 3.90. The Bertz CT molecular complexity index is 622. The molecule has 20 heavy (non-hydrogen) atoms. The molecule has 0 spiro atoms. The fraction of sp³-hybridized carbons (Fsp3) is 0.562. The highest BCUT2D eigenvalue weighted by Gasteiger charge is 2.30. The van der Waals surface area contributed by atoms with Gasteiger partial charge in [0, 0.05) is 9.61 Å². The molecule has 1 heterocycles. The zero-order valence-corrected chi connectivity index (χ0v) is 14.9. The number of aromatic nitrogens is 2. The Balaban J connectivity index is 2.13. The first-order valence-corrected chi connectivity index (χ1v) is 8.95. The van der Waals surface area contributed by atoms with E-state index in [0.717, 1.165) is 17.3 Å². The maximum atomic E-state index is 6.16. The third-order valence-corrected chi connectivity index (χ3v) is 5.75. The fourth-order valence-electron chi connectivity index (χ4n) is 3.50. The molecular formula is C16H20ClIN2. The zero-order chi connectivity index (χ0) is 14.3. The predicted molar refractivity (Wildman–Crippen MR) is 93.2 cm³/mol. The lowest BCUT2D eigenvalue weighted by Gasteiger charge is -2.36. The summed E-state index contributed by atoms with van der Waals surface area (Å²) in [7, 11) is 0. The van der Waals surface area contributed by atoms with E-state index in [9.17, 15) is 0 Å². The highest BCUT2D eigenvalue weighted by molar-refractivity contribution is 14.1. The molecule has 4 heteroatoms. The third kappa shape index (κ3) is 2.47. The number of hydrogen-bond acceptors (Lipinski definition) is 1. The minimum absolute atomic E-state index is 0.489. The van der Waals surface area contributed by atoms with Crippen LogP contribution in [-0.4, -0.2) is 9.55 Å². The van der Waals surface area contributed by atoms with Gasteiger partial charge in [0.15, 0.2) is 0 Å². The van der Waals surface area contributed by atoms with Gasteiger partial charge in [0.25, 0.3) is 0 Å². The molecule has 108 valence electrons. The van der Waals surface area contributed by atoms with E-state index in [1.807, 2.05) is 0 Å². The average Bonchev–Trinajstić information content (AvgIpc) is 2.79. The quantitative estimate of drug-likeness (QED) is 0.487. The first kappa shape index (κ1) is 14.6. The first-order chi connectivity index (χ1) is 9.61. The number of benzene rings is 1. The monoisotopic (exact) mass is 402 g/mol. The van der Waals surface area contributed by atoms with Gasteiger partial charge < -0.3 is 4.57 Å². The molecule has 0 saturated heterocycles. The molecule has 1 aliphatic carbocycles. The number of fused-ring (bicyclic) bond motifs is 1. The Morgan fingerprint density at radius 2 is 2.15 bits per heavy atom. The number of imidazole rings is 1. The summed E-state index contributed by atoms with van der Waals surface area (Å²) < 4.78 is 3.64. The summed E-state index contributed by atoms with van der Waals surface area (Å²) in [5, 5.41) is 0. The summed E-state index contributed by atoms with van der Waals surface area (Å²) >= 11 is 8.50. The minimum atomic E-state index is 0.489. The van der Waals surface area contributed by atoms with Crippen molar-refractivity contribution in [2.75, 3.05) is 0 Å². The van der Waals surface area contributed by atoms with Crippen molar-refractivity contribution in [3.8, 4) is 0 Å². The van der Waals surface area contributed by atoms with Crippen molar-refractivity contribution in [1.29, 1.82) is 0 Å². The molecule has 1 fully saturated rings. The van der Waals surface area contributed by atoms with Crippen LogP contribution in [-0.2, 0) is 5.88 Å². The number of alkyl halides is 1. The van der Waals surface area contributed by atoms with Gasteiger partial charge in [-0.1, -0.05) is 26.7 Å². The smallest absolute Gasteiger partial charge is 0.125 e. The van der Waals surface area contributed by atoms with E-state index in [4.69, 9.17) is 16.6 Å². The van der Waals surface area contributed by atoms with Crippen LogP contribution in [0.5, 0.6) is 0 Å². The van der Waals surface area contributed by atoms with Crippen LogP contribution in [0.1, 0.15) is 45.0 Å². The molecule has 3 rings (SSSR count). The van der Waals surface area contributed by atoms with Gasteiger partial charge >= 0.3 is 0 Å². The Labute approximate surface area is 139 Å². The normalized spacial score (nSPS) is 27.1. The van der Waals surface area contributed by atoms with Crippen molar-refractivity contribution < 1.29 is 0 Å². The second kappa shape index (κ2) is 5.84. The van der Waals surface area contributed by atoms with Crippen molar-refractivity contribution in [2.45, 2.75) is 45.0 Å². The maximum Gasteiger partial charge on any atom is 0.125 e. The summed E-state index contributed by atoms with van der Waals surface area (Å²) in [6.45, 7) is 4.75. The van der Waals surface area contributed by atoms with Gasteiger partial charge in [-0.05, 0) is 59.0 Å². The van der Waals surface area contributed by atoms with Crippen molar-refractivity contribution in [1.82, 2.24) is 9.55 Å². The largest absolute Gasteiger partial charge is 0.324 e. The Morgan fingerprint density at radius 3 is 2.90 bits per heavy atom. The van der Waals surface area contributed by atoms with Crippen molar-refractivity contribution in [3.05, 3.63) is 27.6 Å². The van der Waals surface area contributed by atoms with Gasteiger partial charge in [-0.15, -0.1) is 11.6 Å². The van der Waals surface area contributed by atoms with Gasteiger partial charge in [0.2, 0.25) is 0 Å². The molecule has 0 N–H and O–H groups in total. The maximum absolute atomic E-state index is 6.16. The molecule has 2 nitrogen and oxygen atoms in total. The molecule has 0 radical (unpaired) electrons. The van der Waals surface area contributed by atoms with E-state index in [1.165, 1.54) is 28.3 Å². The van der Waals surface area contributed by atoms with Gasteiger partial charge in [-0.3, -0.25) is 0 Å². The second-order valence-corrected chi connectivity index (χ2v) is 7.51. The first-order valence-electron chi connectivity index (χ1n) is 7.34. The molecule has 1 aliphatic rings. The predicted octanol–water partition coefficient (Wildman–Crippen LogP) is 5.38. The summed E-state index contributed by atoms with van der Waals surface area (Å²) in [6, 6.07) is 7.05. The summed E-state index contributed by atoms with van der Waals surface area (Å²) in [5.74, 6) is 2.97. The van der Waals surface area contributed by atoms with Gasteiger partial charge in [-0.25, -0.2) is 4.98 Å². The van der Waals surface area contributed by atoms with E-state index in [-0.39, 0.29) is 0 Å². The van der Waals surface area contributed by atoms with Crippen molar-refractivity contribution >= 4 is 45.2 Å². The number of rotatable bonds is 2. The van der Waals surface area contributed by atoms with Gasteiger partial charge in [-0.2, -0.15) is 0 Å².